The summed E-state index contributed by atoms with van der Waals surface area (Å²) in [6.07, 6.45) is 1.82. The molecule has 0 unspecified atom stereocenters. The molecule has 1 saturated heterocycles. The van der Waals surface area contributed by atoms with Crippen LogP contribution in [0.5, 0.6) is 0 Å². The fourth-order valence-corrected chi connectivity index (χ4v) is 4.05. The van der Waals surface area contributed by atoms with Gasteiger partial charge in [0.1, 0.15) is 5.82 Å². The maximum atomic E-state index is 5.63. The molecule has 3 heterocycles. The molecular weight excluding hydrogens is 444 g/mol. The first kappa shape index (κ1) is 23.6. The van der Waals surface area contributed by atoms with E-state index in [4.69, 9.17) is 17.2 Å². The third-order valence-corrected chi connectivity index (χ3v) is 5.79. The summed E-state index contributed by atoms with van der Waals surface area (Å²) in [5, 5.41) is 6.98. The number of thiocarbonyl (C=S) groups is 1. The molecule has 0 spiro atoms. The van der Waals surface area contributed by atoms with E-state index in [1.807, 2.05) is 51.2 Å². The van der Waals surface area contributed by atoms with Gasteiger partial charge in [-0.3, -0.25) is 5.32 Å². The van der Waals surface area contributed by atoms with Crippen molar-refractivity contribution in [1.29, 1.82) is 0 Å². The van der Waals surface area contributed by atoms with Crippen LogP contribution < -0.4 is 15.5 Å². The van der Waals surface area contributed by atoms with Crippen molar-refractivity contribution in [3.63, 3.8) is 0 Å². The second-order valence-corrected chi connectivity index (χ2v) is 8.83. The van der Waals surface area contributed by atoms with Crippen molar-refractivity contribution in [3.05, 3.63) is 71.2 Å². The second kappa shape index (κ2) is 10.6. The van der Waals surface area contributed by atoms with Crippen LogP contribution in [0.2, 0.25) is 0 Å². The monoisotopic (exact) mass is 474 g/mol. The van der Waals surface area contributed by atoms with Gasteiger partial charge in [0.05, 0.1) is 0 Å². The number of rotatable bonds is 3. The van der Waals surface area contributed by atoms with E-state index in [2.05, 4.69) is 60.5 Å². The van der Waals surface area contributed by atoms with Crippen LogP contribution >= 0.6 is 12.2 Å². The first-order chi connectivity index (χ1) is 16.4. The van der Waals surface area contributed by atoms with Crippen LogP contribution in [0.3, 0.4) is 0 Å². The van der Waals surface area contributed by atoms with Gasteiger partial charge in [-0.2, -0.15) is 4.99 Å². The molecule has 0 radical (unpaired) electrons. The molecule has 34 heavy (non-hydrogen) atoms. The third-order valence-electron chi connectivity index (χ3n) is 5.60. The molecule has 1 aromatic carbocycles. The van der Waals surface area contributed by atoms with Crippen molar-refractivity contribution in [1.82, 2.24) is 19.9 Å². The Morgan fingerprint density at radius 2 is 1.65 bits per heavy atom. The Morgan fingerprint density at radius 1 is 0.912 bits per heavy atom. The molecular formula is C25H30N8S. The van der Waals surface area contributed by atoms with E-state index in [-0.39, 0.29) is 0 Å². The van der Waals surface area contributed by atoms with Gasteiger partial charge in [-0.1, -0.05) is 18.2 Å². The molecule has 1 fully saturated rings. The highest BCUT2D eigenvalue weighted by atomic mass is 32.1. The highest BCUT2D eigenvalue weighted by Crippen LogP contribution is 2.17. The zero-order valence-electron chi connectivity index (χ0n) is 20.0. The zero-order chi connectivity index (χ0) is 24.1. The quantitative estimate of drug-likeness (QED) is 0.334. The molecule has 0 amide bonds. The molecule has 1 aliphatic heterocycles. The number of nitrogens with one attached hydrogen (secondary N) is 2. The van der Waals surface area contributed by atoms with Crippen molar-refractivity contribution >= 4 is 40.7 Å². The molecule has 1 aliphatic rings. The molecule has 9 heteroatoms. The summed E-state index contributed by atoms with van der Waals surface area (Å²) in [4.78, 5) is 22.8. The van der Waals surface area contributed by atoms with Crippen LogP contribution in [0.4, 0.5) is 17.5 Å². The minimum atomic E-state index is 0.382. The number of pyridine rings is 1. The summed E-state index contributed by atoms with van der Waals surface area (Å²) >= 11 is 5.63. The molecule has 4 rings (SSSR count). The van der Waals surface area contributed by atoms with E-state index in [0.29, 0.717) is 17.0 Å². The number of hydrogen-bond donors (Lipinski definition) is 2. The Hall–Kier alpha value is -3.59. The molecule has 0 atom stereocenters. The summed E-state index contributed by atoms with van der Waals surface area (Å²) in [6, 6.07) is 14.2. The predicted octanol–water partition coefficient (Wildman–Crippen LogP) is 4.09. The number of piperazine rings is 1. The van der Waals surface area contributed by atoms with Crippen molar-refractivity contribution in [2.75, 3.05) is 41.7 Å². The van der Waals surface area contributed by atoms with E-state index < -0.39 is 0 Å². The van der Waals surface area contributed by atoms with Gasteiger partial charge < -0.3 is 15.1 Å². The summed E-state index contributed by atoms with van der Waals surface area (Å²) in [5.74, 6) is 2.13. The van der Waals surface area contributed by atoms with Gasteiger partial charge in [0.25, 0.3) is 0 Å². The summed E-state index contributed by atoms with van der Waals surface area (Å²) in [7, 11) is 0. The average Bonchev–Trinajstić information content (AvgIpc) is 2.81. The maximum absolute atomic E-state index is 5.63. The molecule has 2 aromatic heterocycles. The van der Waals surface area contributed by atoms with Crippen molar-refractivity contribution in [2.24, 2.45) is 4.99 Å². The highest BCUT2D eigenvalue weighted by Gasteiger charge is 2.22. The van der Waals surface area contributed by atoms with Crippen molar-refractivity contribution in [3.8, 4) is 0 Å². The smallest absolute Gasteiger partial charge is 0.229 e. The lowest BCUT2D eigenvalue weighted by atomic mass is 10.1. The Balaban J connectivity index is 1.55. The Bertz CT molecular complexity index is 1170. The Morgan fingerprint density at radius 3 is 2.32 bits per heavy atom. The lowest BCUT2D eigenvalue weighted by Gasteiger charge is -2.36. The fourth-order valence-electron chi connectivity index (χ4n) is 3.86. The molecule has 3 aromatic rings. The number of benzene rings is 1. The largest absolute Gasteiger partial charge is 0.353 e. The topological polar surface area (TPSA) is 81.6 Å². The molecule has 176 valence electrons. The van der Waals surface area contributed by atoms with Crippen LogP contribution in [0.25, 0.3) is 0 Å². The minimum absolute atomic E-state index is 0.382. The third kappa shape index (κ3) is 6.05. The molecule has 0 aliphatic carbocycles. The number of guanidine groups is 1. The Labute approximate surface area is 206 Å². The van der Waals surface area contributed by atoms with Gasteiger partial charge in [0.15, 0.2) is 0 Å². The van der Waals surface area contributed by atoms with Gasteiger partial charge in [0, 0.05) is 49.5 Å². The lowest BCUT2D eigenvalue weighted by molar-refractivity contribution is 0.384. The van der Waals surface area contributed by atoms with Gasteiger partial charge in [-0.25, -0.2) is 15.0 Å². The molecule has 0 saturated carbocycles. The number of hydrogen-bond acceptors (Lipinski definition) is 5. The van der Waals surface area contributed by atoms with Crippen LogP contribution in [0, 0.1) is 27.7 Å². The van der Waals surface area contributed by atoms with E-state index in [1.165, 1.54) is 0 Å². The first-order valence-corrected chi connectivity index (χ1v) is 11.8. The lowest BCUT2D eigenvalue weighted by Crippen LogP contribution is -2.51. The fraction of sp³-hybridized carbons (Fsp3) is 0.320. The summed E-state index contributed by atoms with van der Waals surface area (Å²) < 4.78 is 0. The average molecular weight is 475 g/mol. The van der Waals surface area contributed by atoms with E-state index in [0.717, 1.165) is 60.2 Å². The van der Waals surface area contributed by atoms with Crippen LogP contribution in [-0.2, 0) is 0 Å². The zero-order valence-corrected chi connectivity index (χ0v) is 20.9. The van der Waals surface area contributed by atoms with Crippen LogP contribution in [-0.4, -0.2) is 57.1 Å². The second-order valence-electron chi connectivity index (χ2n) is 8.45. The standard InChI is InChI=1S/C25H30N8S/c1-17-8-9-18(2)21(15-17)29-25(34)31-24(30-23-27-19(3)16-20(4)28-23)33-13-11-32(12-14-33)22-7-5-6-10-26-22/h5-10,15-16H,11-14H2,1-4H3,(H2,27,28,29,30,31,34). The normalized spacial score (nSPS) is 14.2. The summed E-state index contributed by atoms with van der Waals surface area (Å²) in [6.45, 7) is 11.2. The van der Waals surface area contributed by atoms with Gasteiger partial charge >= 0.3 is 0 Å². The number of aromatic nitrogens is 3. The number of anilines is 3. The SMILES string of the molecule is Cc1ccc(C)c(NC(=S)/N=C(/Nc2nc(C)cc(C)n2)N2CCN(c3ccccn3)CC2)c1. The van der Waals surface area contributed by atoms with Crippen LogP contribution in [0.15, 0.2) is 53.7 Å². The first-order valence-electron chi connectivity index (χ1n) is 11.3. The molecule has 8 nitrogen and oxygen atoms in total. The van der Waals surface area contributed by atoms with Gasteiger partial charge in [0.2, 0.25) is 17.0 Å². The predicted molar refractivity (Wildman–Crippen MR) is 143 cm³/mol. The Kier molecular flexibility index (Phi) is 7.32. The van der Waals surface area contributed by atoms with Crippen molar-refractivity contribution < 1.29 is 0 Å². The number of nitrogens with zero attached hydrogens (tertiary/aromatic N) is 6. The molecule has 2 N–H and O–H groups in total. The number of aryl methyl sites for hydroxylation is 4. The van der Waals surface area contributed by atoms with Gasteiger partial charge in [-0.15, -0.1) is 0 Å². The molecule has 0 bridgehead atoms. The van der Waals surface area contributed by atoms with E-state index >= 15 is 0 Å². The van der Waals surface area contributed by atoms with Gasteiger partial charge in [-0.05, 0) is 75.3 Å². The highest BCUT2D eigenvalue weighted by molar-refractivity contribution is 7.80. The maximum Gasteiger partial charge on any atom is 0.229 e. The van der Waals surface area contributed by atoms with E-state index in [9.17, 15) is 0 Å². The minimum Gasteiger partial charge on any atom is -0.353 e. The van der Waals surface area contributed by atoms with E-state index in [1.54, 1.807) is 0 Å². The van der Waals surface area contributed by atoms with Crippen LogP contribution in [0.1, 0.15) is 22.5 Å². The van der Waals surface area contributed by atoms with Crippen molar-refractivity contribution in [2.45, 2.75) is 27.7 Å². The number of aliphatic imine (C=N–C) groups is 1. The summed E-state index contributed by atoms with van der Waals surface area (Å²) in [5.41, 5.74) is 5.01.